The van der Waals surface area contributed by atoms with Crippen molar-refractivity contribution in [2.24, 2.45) is 0 Å². The summed E-state index contributed by atoms with van der Waals surface area (Å²) in [5, 5.41) is 3.34. The van der Waals surface area contributed by atoms with Crippen LogP contribution in [0.25, 0.3) is 0 Å². The quantitative estimate of drug-likeness (QED) is 0.544. The van der Waals surface area contributed by atoms with Gasteiger partial charge in [-0.3, -0.25) is 25.2 Å². The van der Waals surface area contributed by atoms with Crippen molar-refractivity contribution in [3.05, 3.63) is 58.1 Å². The highest BCUT2D eigenvalue weighted by molar-refractivity contribution is 6.36. The Morgan fingerprint density at radius 2 is 1.72 bits per heavy atom. The zero-order valence-electron chi connectivity index (χ0n) is 15.8. The van der Waals surface area contributed by atoms with E-state index in [1.165, 1.54) is 6.07 Å². The van der Waals surface area contributed by atoms with Crippen molar-refractivity contribution < 1.29 is 19.1 Å². The Kier molecular flexibility index (Phi) is 8.76. The monoisotopic (exact) mass is 437 g/mol. The third kappa shape index (κ3) is 7.63. The van der Waals surface area contributed by atoms with Crippen LogP contribution in [0, 0.1) is 0 Å². The highest BCUT2D eigenvalue weighted by Gasteiger charge is 2.11. The minimum Gasteiger partial charge on any atom is -0.494 e. The van der Waals surface area contributed by atoms with Crippen molar-refractivity contribution >= 4 is 46.6 Å². The minimum absolute atomic E-state index is 0.0823. The number of carbonyl (C=O) groups excluding carboxylic acids is 3. The van der Waals surface area contributed by atoms with Gasteiger partial charge in [0, 0.05) is 23.4 Å². The lowest BCUT2D eigenvalue weighted by molar-refractivity contribution is -0.124. The number of hydrazine groups is 1. The number of rotatable bonds is 8. The molecule has 154 valence electrons. The van der Waals surface area contributed by atoms with E-state index >= 15 is 0 Å². The molecule has 29 heavy (non-hydrogen) atoms. The first-order chi connectivity index (χ1) is 13.9. The Balaban J connectivity index is 1.76. The molecular weight excluding hydrogens is 417 g/mol. The third-order valence-electron chi connectivity index (χ3n) is 3.67. The molecular formula is C20H21Cl2N3O4. The number of benzene rings is 2. The first-order valence-corrected chi connectivity index (χ1v) is 9.71. The lowest BCUT2D eigenvalue weighted by atomic mass is 10.2. The van der Waals surface area contributed by atoms with Gasteiger partial charge in [0.2, 0.25) is 11.8 Å². The van der Waals surface area contributed by atoms with Crippen molar-refractivity contribution in [2.75, 3.05) is 11.9 Å². The summed E-state index contributed by atoms with van der Waals surface area (Å²) in [7, 11) is 0. The first kappa shape index (κ1) is 22.5. The van der Waals surface area contributed by atoms with Gasteiger partial charge >= 0.3 is 0 Å². The Labute approximate surface area is 178 Å². The molecule has 0 radical (unpaired) electrons. The summed E-state index contributed by atoms with van der Waals surface area (Å²) in [5.74, 6) is -0.813. The Morgan fingerprint density at radius 1 is 0.966 bits per heavy atom. The van der Waals surface area contributed by atoms with Crippen LogP contribution in [0.4, 0.5) is 5.69 Å². The lowest BCUT2D eigenvalue weighted by Crippen LogP contribution is -2.41. The Hall–Kier alpha value is -2.77. The fourth-order valence-electron chi connectivity index (χ4n) is 2.24. The van der Waals surface area contributed by atoms with Crippen LogP contribution in [-0.2, 0) is 9.59 Å². The van der Waals surface area contributed by atoms with Crippen molar-refractivity contribution in [3.63, 3.8) is 0 Å². The molecule has 2 aromatic rings. The lowest BCUT2D eigenvalue weighted by Gasteiger charge is -2.10. The number of hydrogen-bond donors (Lipinski definition) is 3. The SMILES string of the molecule is CCCOc1cccc(C(=O)NNC(=O)CCC(=O)Nc2ccc(Cl)cc2Cl)c1. The summed E-state index contributed by atoms with van der Waals surface area (Å²) >= 11 is 11.8. The van der Waals surface area contributed by atoms with Crippen LogP contribution in [0.1, 0.15) is 36.5 Å². The zero-order valence-corrected chi connectivity index (χ0v) is 17.3. The van der Waals surface area contributed by atoms with Gasteiger partial charge in [0.1, 0.15) is 5.75 Å². The Bertz CT molecular complexity index is 890. The van der Waals surface area contributed by atoms with Gasteiger partial charge in [-0.15, -0.1) is 0 Å². The fourth-order valence-corrected chi connectivity index (χ4v) is 2.69. The number of anilines is 1. The molecule has 0 bridgehead atoms. The normalized spacial score (nSPS) is 10.2. The van der Waals surface area contributed by atoms with Crippen LogP contribution in [-0.4, -0.2) is 24.3 Å². The second-order valence-corrected chi connectivity index (χ2v) is 6.89. The molecule has 0 saturated carbocycles. The number of amides is 3. The molecule has 0 spiro atoms. The van der Waals surface area contributed by atoms with Crippen molar-refractivity contribution in [2.45, 2.75) is 26.2 Å². The maximum Gasteiger partial charge on any atom is 0.269 e. The van der Waals surface area contributed by atoms with Gasteiger partial charge in [-0.25, -0.2) is 0 Å². The average Bonchev–Trinajstić information content (AvgIpc) is 2.71. The van der Waals surface area contributed by atoms with E-state index in [2.05, 4.69) is 16.2 Å². The van der Waals surface area contributed by atoms with E-state index in [-0.39, 0.29) is 12.8 Å². The van der Waals surface area contributed by atoms with Gasteiger partial charge in [-0.2, -0.15) is 0 Å². The molecule has 0 unspecified atom stereocenters. The minimum atomic E-state index is -0.505. The fraction of sp³-hybridized carbons (Fsp3) is 0.250. The van der Waals surface area contributed by atoms with Crippen molar-refractivity contribution in [1.29, 1.82) is 0 Å². The van der Waals surface area contributed by atoms with E-state index in [1.54, 1.807) is 36.4 Å². The number of hydrogen-bond acceptors (Lipinski definition) is 4. The molecule has 0 fully saturated rings. The van der Waals surface area contributed by atoms with Crippen LogP contribution < -0.4 is 20.9 Å². The summed E-state index contributed by atoms with van der Waals surface area (Å²) in [6, 6.07) is 11.3. The van der Waals surface area contributed by atoms with Gasteiger partial charge in [0.05, 0.1) is 17.3 Å². The second-order valence-electron chi connectivity index (χ2n) is 6.05. The summed E-state index contributed by atoms with van der Waals surface area (Å²) in [4.78, 5) is 36.0. The second kappa shape index (κ2) is 11.3. The smallest absolute Gasteiger partial charge is 0.269 e. The predicted molar refractivity (Wildman–Crippen MR) is 112 cm³/mol. The summed E-state index contributed by atoms with van der Waals surface area (Å²) in [5.41, 5.74) is 5.33. The summed E-state index contributed by atoms with van der Waals surface area (Å²) < 4.78 is 5.47. The van der Waals surface area contributed by atoms with Crippen LogP contribution in [0.2, 0.25) is 10.0 Å². The molecule has 0 aliphatic heterocycles. The van der Waals surface area contributed by atoms with E-state index < -0.39 is 17.7 Å². The van der Waals surface area contributed by atoms with Crippen LogP contribution in [0.15, 0.2) is 42.5 Å². The first-order valence-electron chi connectivity index (χ1n) is 8.96. The van der Waals surface area contributed by atoms with E-state index in [0.29, 0.717) is 33.7 Å². The molecule has 2 rings (SSSR count). The largest absolute Gasteiger partial charge is 0.494 e. The van der Waals surface area contributed by atoms with Crippen LogP contribution in [0.3, 0.4) is 0 Å². The Morgan fingerprint density at radius 3 is 2.45 bits per heavy atom. The summed E-state index contributed by atoms with van der Waals surface area (Å²) in [6.45, 7) is 2.53. The molecule has 0 aliphatic carbocycles. The number of nitrogens with one attached hydrogen (secondary N) is 3. The van der Waals surface area contributed by atoms with Crippen LogP contribution >= 0.6 is 23.2 Å². The molecule has 0 atom stereocenters. The predicted octanol–water partition coefficient (Wildman–Crippen LogP) is 3.96. The highest BCUT2D eigenvalue weighted by atomic mass is 35.5. The molecule has 9 heteroatoms. The van der Waals surface area contributed by atoms with Gasteiger partial charge in [-0.05, 0) is 42.8 Å². The van der Waals surface area contributed by atoms with Gasteiger partial charge in [-0.1, -0.05) is 36.2 Å². The number of ether oxygens (including phenoxy) is 1. The maximum atomic E-state index is 12.1. The summed E-state index contributed by atoms with van der Waals surface area (Å²) in [6.07, 6.45) is 0.655. The maximum absolute atomic E-state index is 12.1. The molecule has 3 amide bonds. The third-order valence-corrected chi connectivity index (χ3v) is 4.22. The van der Waals surface area contributed by atoms with E-state index in [4.69, 9.17) is 27.9 Å². The molecule has 3 N–H and O–H groups in total. The molecule has 0 aliphatic rings. The molecule has 2 aromatic carbocycles. The van der Waals surface area contributed by atoms with Crippen LogP contribution in [0.5, 0.6) is 5.75 Å². The average molecular weight is 438 g/mol. The molecule has 0 saturated heterocycles. The van der Waals surface area contributed by atoms with Crippen molar-refractivity contribution in [1.82, 2.24) is 10.9 Å². The van der Waals surface area contributed by atoms with Gasteiger partial charge < -0.3 is 10.1 Å². The van der Waals surface area contributed by atoms with Gasteiger partial charge in [0.15, 0.2) is 0 Å². The molecule has 7 nitrogen and oxygen atoms in total. The standard InChI is InChI=1S/C20H21Cl2N3O4/c1-2-10-29-15-5-3-4-13(11-15)20(28)25-24-19(27)9-8-18(26)23-17-7-6-14(21)12-16(17)22/h3-7,11-12H,2,8-10H2,1H3,(H,23,26)(H,24,27)(H,25,28). The number of carbonyl (C=O) groups is 3. The van der Waals surface area contributed by atoms with E-state index in [0.717, 1.165) is 6.42 Å². The molecule has 0 heterocycles. The van der Waals surface area contributed by atoms with Crippen molar-refractivity contribution in [3.8, 4) is 5.75 Å². The van der Waals surface area contributed by atoms with Gasteiger partial charge in [0.25, 0.3) is 5.91 Å². The highest BCUT2D eigenvalue weighted by Crippen LogP contribution is 2.25. The van der Waals surface area contributed by atoms with E-state index in [9.17, 15) is 14.4 Å². The topological polar surface area (TPSA) is 96.5 Å². The zero-order chi connectivity index (χ0) is 21.2. The van der Waals surface area contributed by atoms with E-state index in [1.807, 2.05) is 6.92 Å². The number of halogens is 2. The molecule has 0 aromatic heterocycles.